The van der Waals surface area contributed by atoms with Crippen molar-refractivity contribution in [3.8, 4) is 0 Å². The van der Waals surface area contributed by atoms with Gasteiger partial charge in [-0.15, -0.1) is 11.3 Å². The van der Waals surface area contributed by atoms with Crippen molar-refractivity contribution in [2.24, 2.45) is 0 Å². The summed E-state index contributed by atoms with van der Waals surface area (Å²) >= 11 is 1.60. The van der Waals surface area contributed by atoms with Crippen LogP contribution in [0.2, 0.25) is 0 Å². The fourth-order valence-corrected chi connectivity index (χ4v) is 4.15. The number of fused-ring (bicyclic) bond motifs is 3. The van der Waals surface area contributed by atoms with Gasteiger partial charge in [0.25, 0.3) is 0 Å². The van der Waals surface area contributed by atoms with Crippen LogP contribution in [0.1, 0.15) is 12.5 Å². The van der Waals surface area contributed by atoms with Crippen molar-refractivity contribution in [2.45, 2.75) is 6.92 Å². The van der Waals surface area contributed by atoms with E-state index in [1.165, 1.54) is 0 Å². The van der Waals surface area contributed by atoms with Gasteiger partial charge < -0.3 is 10.0 Å². The highest BCUT2D eigenvalue weighted by atomic mass is 32.1. The van der Waals surface area contributed by atoms with Gasteiger partial charge in [-0.3, -0.25) is 0 Å². The summed E-state index contributed by atoms with van der Waals surface area (Å²) in [4.78, 5) is 0. The zero-order valence-electron chi connectivity index (χ0n) is 12.9. The number of hydrogen-bond acceptors (Lipinski definition) is 3. The average molecular weight is 320 g/mol. The smallest absolute Gasteiger partial charge is 0.423 e. The van der Waals surface area contributed by atoms with Gasteiger partial charge in [0.2, 0.25) is 0 Å². The van der Waals surface area contributed by atoms with Gasteiger partial charge in [0.15, 0.2) is 0 Å². The second-order valence-electron chi connectivity index (χ2n) is 5.22. The highest BCUT2D eigenvalue weighted by Gasteiger charge is 2.18. The van der Waals surface area contributed by atoms with E-state index in [0.717, 1.165) is 31.3 Å². The van der Waals surface area contributed by atoms with Crippen LogP contribution in [0.25, 0.3) is 25.7 Å². The summed E-state index contributed by atoms with van der Waals surface area (Å²) in [6.07, 6.45) is 7.79. The Balaban J connectivity index is 2.34. The number of thiophene rings is 1. The van der Waals surface area contributed by atoms with Crippen LogP contribution in [0.15, 0.2) is 67.3 Å². The fourth-order valence-electron chi connectivity index (χ4n) is 2.79. The molecular formula is C19H17BO2S. The Morgan fingerprint density at radius 1 is 1.09 bits per heavy atom. The molecule has 1 aromatic heterocycles. The van der Waals surface area contributed by atoms with E-state index in [2.05, 4.69) is 24.8 Å². The summed E-state index contributed by atoms with van der Waals surface area (Å²) < 4.78 is 2.07. The third-order valence-corrected chi connectivity index (χ3v) is 5.17. The monoisotopic (exact) mass is 320 g/mol. The molecular weight excluding hydrogens is 303 g/mol. The first-order chi connectivity index (χ1) is 11.2. The Bertz CT molecular complexity index is 935. The van der Waals surface area contributed by atoms with E-state index in [-0.39, 0.29) is 0 Å². The van der Waals surface area contributed by atoms with Crippen molar-refractivity contribution in [3.05, 3.63) is 72.8 Å². The molecule has 2 aromatic carbocycles. The molecule has 0 unspecified atom stereocenters. The van der Waals surface area contributed by atoms with Crippen LogP contribution in [0.4, 0.5) is 0 Å². The predicted molar refractivity (Wildman–Crippen MR) is 102 cm³/mol. The van der Waals surface area contributed by atoms with E-state index in [1.807, 2.05) is 37.3 Å². The molecule has 2 N–H and O–H groups in total. The minimum atomic E-state index is -1.46. The van der Waals surface area contributed by atoms with Gasteiger partial charge in [0.05, 0.1) is 0 Å². The Kier molecular flexibility index (Phi) is 4.48. The van der Waals surface area contributed by atoms with Crippen molar-refractivity contribution in [1.29, 1.82) is 0 Å². The van der Waals surface area contributed by atoms with Gasteiger partial charge in [-0.25, -0.2) is 0 Å². The molecule has 3 rings (SSSR count). The van der Waals surface area contributed by atoms with E-state index >= 15 is 0 Å². The van der Waals surface area contributed by atoms with Gasteiger partial charge in [0, 0.05) is 14.8 Å². The van der Waals surface area contributed by atoms with Crippen molar-refractivity contribution in [2.75, 3.05) is 0 Å². The Morgan fingerprint density at radius 3 is 2.43 bits per heavy atom. The molecule has 0 atom stereocenters. The van der Waals surface area contributed by atoms with Crippen LogP contribution in [0, 0.1) is 0 Å². The molecule has 0 saturated heterocycles. The van der Waals surface area contributed by atoms with Crippen molar-refractivity contribution in [1.82, 2.24) is 0 Å². The first-order valence-corrected chi connectivity index (χ1v) is 8.25. The van der Waals surface area contributed by atoms with E-state index in [0.29, 0.717) is 5.46 Å². The molecule has 0 saturated carbocycles. The number of rotatable bonds is 4. The lowest BCUT2D eigenvalue weighted by molar-refractivity contribution is 0.426. The maximum Gasteiger partial charge on any atom is 0.489 e. The number of benzene rings is 2. The van der Waals surface area contributed by atoms with Crippen molar-refractivity contribution in [3.63, 3.8) is 0 Å². The molecule has 23 heavy (non-hydrogen) atoms. The highest BCUT2D eigenvalue weighted by Crippen LogP contribution is 2.37. The van der Waals surface area contributed by atoms with Crippen LogP contribution in [0.3, 0.4) is 0 Å². The second-order valence-corrected chi connectivity index (χ2v) is 6.24. The molecule has 0 spiro atoms. The molecule has 0 aliphatic heterocycles. The maximum absolute atomic E-state index is 9.62. The molecule has 0 aliphatic rings. The fraction of sp³-hybridized carbons (Fsp3) is 0.0526. The third-order valence-electron chi connectivity index (χ3n) is 3.87. The van der Waals surface area contributed by atoms with Crippen LogP contribution >= 0.6 is 11.3 Å². The molecule has 0 fully saturated rings. The molecule has 1 heterocycles. The first-order valence-electron chi connectivity index (χ1n) is 7.43. The quantitative estimate of drug-likeness (QED) is 0.566. The lowest BCUT2D eigenvalue weighted by Gasteiger charge is -2.03. The normalized spacial score (nSPS) is 12.4. The van der Waals surface area contributed by atoms with Gasteiger partial charge in [-0.1, -0.05) is 67.3 Å². The Labute approximate surface area is 139 Å². The van der Waals surface area contributed by atoms with Gasteiger partial charge in [-0.05, 0) is 28.9 Å². The van der Waals surface area contributed by atoms with E-state index in [9.17, 15) is 10.0 Å². The molecule has 114 valence electrons. The van der Waals surface area contributed by atoms with E-state index in [1.54, 1.807) is 23.5 Å². The second kappa shape index (κ2) is 6.55. The largest absolute Gasteiger partial charge is 0.489 e. The summed E-state index contributed by atoms with van der Waals surface area (Å²) in [5.74, 6) is 0. The van der Waals surface area contributed by atoms with Gasteiger partial charge in [-0.2, -0.15) is 0 Å². The molecule has 0 radical (unpaired) electrons. The average Bonchev–Trinajstić information content (AvgIpc) is 2.94. The highest BCUT2D eigenvalue weighted by molar-refractivity contribution is 7.27. The zero-order valence-corrected chi connectivity index (χ0v) is 13.7. The van der Waals surface area contributed by atoms with Crippen LogP contribution in [-0.4, -0.2) is 17.2 Å². The Morgan fingerprint density at radius 2 is 1.78 bits per heavy atom. The molecule has 0 bridgehead atoms. The van der Waals surface area contributed by atoms with Crippen LogP contribution < -0.4 is 5.46 Å². The minimum absolute atomic E-state index is 0.554. The van der Waals surface area contributed by atoms with Crippen LogP contribution in [-0.2, 0) is 0 Å². The summed E-state index contributed by atoms with van der Waals surface area (Å²) in [6, 6.07) is 11.9. The standard InChI is InChI=1S/C19H17BO2S/c1-3-5-8-13(4-2)14-9-6-10-15-16-11-7-12-17(20(21)22)19(16)23-18(14)15/h3-12,21-22H,1H2,2H3/b8-5-,13-4+. The van der Waals surface area contributed by atoms with Gasteiger partial charge >= 0.3 is 7.12 Å². The predicted octanol–water partition coefficient (Wildman–Crippen LogP) is 3.88. The summed E-state index contributed by atoms with van der Waals surface area (Å²) in [6.45, 7) is 5.73. The first kappa shape index (κ1) is 15.7. The summed E-state index contributed by atoms with van der Waals surface area (Å²) in [5, 5.41) is 21.4. The van der Waals surface area contributed by atoms with E-state index < -0.39 is 7.12 Å². The van der Waals surface area contributed by atoms with E-state index in [4.69, 9.17) is 0 Å². The summed E-state index contributed by atoms with van der Waals surface area (Å²) in [7, 11) is -1.46. The third kappa shape index (κ3) is 2.77. The Hall–Kier alpha value is -2.14. The van der Waals surface area contributed by atoms with Gasteiger partial charge in [0.1, 0.15) is 0 Å². The molecule has 3 aromatic rings. The lowest BCUT2D eigenvalue weighted by atomic mass is 9.80. The lowest BCUT2D eigenvalue weighted by Crippen LogP contribution is -2.29. The molecule has 4 heteroatoms. The molecule has 2 nitrogen and oxygen atoms in total. The summed E-state index contributed by atoms with van der Waals surface area (Å²) in [5.41, 5.74) is 2.81. The number of allylic oxidation sites excluding steroid dienone is 5. The topological polar surface area (TPSA) is 40.5 Å². The van der Waals surface area contributed by atoms with Crippen LogP contribution in [0.5, 0.6) is 0 Å². The number of hydrogen-bond donors (Lipinski definition) is 2. The van der Waals surface area contributed by atoms with Crippen molar-refractivity contribution < 1.29 is 10.0 Å². The van der Waals surface area contributed by atoms with Crippen molar-refractivity contribution >= 4 is 49.7 Å². The maximum atomic E-state index is 9.62. The molecule has 0 amide bonds. The zero-order chi connectivity index (χ0) is 16.4. The minimum Gasteiger partial charge on any atom is -0.423 e. The SMILES string of the molecule is C=C/C=C\C(=C/C)c1cccc2c1sc1c(B(O)O)cccc12. The molecule has 0 aliphatic carbocycles.